The van der Waals surface area contributed by atoms with Gasteiger partial charge in [0.05, 0.1) is 0 Å². The number of hydrogen-bond donors (Lipinski definition) is 2. The number of amides is 1. The Labute approximate surface area is 102 Å². The van der Waals surface area contributed by atoms with E-state index in [9.17, 15) is 9.59 Å². The fraction of sp³-hybridized carbons (Fsp3) is 0.846. The second-order valence-corrected chi connectivity index (χ2v) is 5.57. The Morgan fingerprint density at radius 3 is 2.59 bits per heavy atom. The normalized spacial score (nSPS) is 31.7. The Morgan fingerprint density at radius 2 is 2.00 bits per heavy atom. The topological polar surface area (TPSA) is 66.4 Å². The molecule has 2 aliphatic rings. The Kier molecular flexibility index (Phi) is 3.69. The number of carbonyl (C=O) groups is 2. The molecule has 2 N–H and O–H groups in total. The first-order valence-corrected chi connectivity index (χ1v) is 6.59. The number of aliphatic carboxylic acids is 1. The molecular formula is C13H21NO3. The minimum atomic E-state index is -0.764. The SMILES string of the molecule is CC(CCC(=O)O)CNC(=O)C1C2CCCC21. The lowest BCUT2D eigenvalue weighted by atomic mass is 10.1. The van der Waals surface area contributed by atoms with E-state index in [4.69, 9.17) is 5.11 Å². The lowest BCUT2D eigenvalue weighted by Crippen LogP contribution is -2.31. The summed E-state index contributed by atoms with van der Waals surface area (Å²) >= 11 is 0. The van der Waals surface area contributed by atoms with Crippen LogP contribution in [0.2, 0.25) is 0 Å². The van der Waals surface area contributed by atoms with Crippen molar-refractivity contribution in [3.63, 3.8) is 0 Å². The molecule has 0 aromatic rings. The summed E-state index contributed by atoms with van der Waals surface area (Å²) in [4.78, 5) is 22.2. The Balaban J connectivity index is 1.61. The molecule has 0 saturated heterocycles. The molecule has 4 nitrogen and oxygen atoms in total. The summed E-state index contributed by atoms with van der Waals surface area (Å²) < 4.78 is 0. The van der Waals surface area contributed by atoms with Gasteiger partial charge in [-0.1, -0.05) is 13.3 Å². The van der Waals surface area contributed by atoms with Crippen LogP contribution < -0.4 is 5.32 Å². The highest BCUT2D eigenvalue weighted by Crippen LogP contribution is 2.57. The molecule has 2 fully saturated rings. The maximum absolute atomic E-state index is 11.8. The quantitative estimate of drug-likeness (QED) is 0.740. The molecule has 2 aliphatic carbocycles. The molecule has 0 bridgehead atoms. The van der Waals surface area contributed by atoms with Gasteiger partial charge in [-0.25, -0.2) is 0 Å². The molecule has 0 aromatic carbocycles. The number of carboxylic acid groups (broad SMARTS) is 1. The van der Waals surface area contributed by atoms with E-state index in [0.29, 0.717) is 24.8 Å². The van der Waals surface area contributed by atoms with Crippen molar-refractivity contribution in [2.24, 2.45) is 23.7 Å². The number of nitrogens with one attached hydrogen (secondary N) is 1. The summed E-state index contributed by atoms with van der Waals surface area (Å²) in [5, 5.41) is 11.5. The van der Waals surface area contributed by atoms with Gasteiger partial charge in [-0.15, -0.1) is 0 Å². The molecule has 0 aromatic heterocycles. The molecule has 96 valence electrons. The van der Waals surface area contributed by atoms with Crippen LogP contribution >= 0.6 is 0 Å². The van der Waals surface area contributed by atoms with Crippen molar-refractivity contribution in [2.45, 2.75) is 39.0 Å². The van der Waals surface area contributed by atoms with Crippen molar-refractivity contribution in [1.82, 2.24) is 5.32 Å². The predicted molar refractivity (Wildman–Crippen MR) is 63.4 cm³/mol. The molecule has 3 atom stereocenters. The lowest BCUT2D eigenvalue weighted by Gasteiger charge is -2.12. The minimum absolute atomic E-state index is 0.186. The molecule has 17 heavy (non-hydrogen) atoms. The van der Waals surface area contributed by atoms with E-state index in [1.165, 1.54) is 19.3 Å². The highest BCUT2D eigenvalue weighted by Gasteiger charge is 2.56. The first-order valence-electron chi connectivity index (χ1n) is 6.59. The fourth-order valence-corrected chi connectivity index (χ4v) is 3.08. The number of rotatable bonds is 6. The average molecular weight is 239 g/mol. The standard InChI is InChI=1S/C13H21NO3/c1-8(5-6-11(15)16)7-14-13(17)12-9-3-2-4-10(9)12/h8-10,12H,2-7H2,1H3,(H,14,17)(H,15,16). The predicted octanol–water partition coefficient (Wildman–Crippen LogP) is 1.65. The molecule has 3 unspecified atom stereocenters. The molecule has 0 radical (unpaired) electrons. The molecule has 0 spiro atoms. The van der Waals surface area contributed by atoms with Gasteiger partial charge in [-0.2, -0.15) is 0 Å². The largest absolute Gasteiger partial charge is 0.481 e. The van der Waals surface area contributed by atoms with Crippen molar-refractivity contribution < 1.29 is 14.7 Å². The number of carbonyl (C=O) groups excluding carboxylic acids is 1. The van der Waals surface area contributed by atoms with Crippen LogP contribution in [-0.2, 0) is 9.59 Å². The van der Waals surface area contributed by atoms with Crippen molar-refractivity contribution in [2.75, 3.05) is 6.54 Å². The molecule has 4 heteroatoms. The zero-order chi connectivity index (χ0) is 12.4. The summed E-state index contributed by atoms with van der Waals surface area (Å²) in [7, 11) is 0. The highest BCUT2D eigenvalue weighted by atomic mass is 16.4. The van der Waals surface area contributed by atoms with Crippen LogP contribution in [-0.4, -0.2) is 23.5 Å². The van der Waals surface area contributed by atoms with E-state index < -0.39 is 5.97 Å². The van der Waals surface area contributed by atoms with Crippen molar-refractivity contribution in [3.05, 3.63) is 0 Å². The Bertz CT molecular complexity index is 306. The third-order valence-corrected chi connectivity index (χ3v) is 4.19. The zero-order valence-corrected chi connectivity index (χ0v) is 10.3. The van der Waals surface area contributed by atoms with Gasteiger partial charge in [0, 0.05) is 18.9 Å². The van der Waals surface area contributed by atoms with Gasteiger partial charge in [-0.3, -0.25) is 9.59 Å². The summed E-state index contributed by atoms with van der Waals surface area (Å²) in [6.07, 6.45) is 4.54. The first kappa shape index (κ1) is 12.4. The van der Waals surface area contributed by atoms with E-state index in [0.717, 1.165) is 0 Å². The van der Waals surface area contributed by atoms with Crippen LogP contribution in [0.5, 0.6) is 0 Å². The number of carboxylic acids is 1. The summed E-state index contributed by atoms with van der Waals surface area (Å²) in [5.74, 6) is 1.26. The van der Waals surface area contributed by atoms with Gasteiger partial charge in [0.25, 0.3) is 0 Å². The Hall–Kier alpha value is -1.06. The van der Waals surface area contributed by atoms with Crippen molar-refractivity contribution in [1.29, 1.82) is 0 Å². The van der Waals surface area contributed by atoms with Gasteiger partial charge in [-0.05, 0) is 37.0 Å². The van der Waals surface area contributed by atoms with E-state index in [1.54, 1.807) is 0 Å². The van der Waals surface area contributed by atoms with E-state index in [-0.39, 0.29) is 24.2 Å². The smallest absolute Gasteiger partial charge is 0.303 e. The molecule has 2 saturated carbocycles. The summed E-state index contributed by atoms with van der Waals surface area (Å²) in [6.45, 7) is 2.60. The average Bonchev–Trinajstić information content (AvgIpc) is 2.77. The van der Waals surface area contributed by atoms with E-state index in [2.05, 4.69) is 5.32 Å². The second kappa shape index (κ2) is 5.07. The van der Waals surface area contributed by atoms with Crippen LogP contribution in [0.1, 0.15) is 39.0 Å². The second-order valence-electron chi connectivity index (χ2n) is 5.57. The number of fused-ring (bicyclic) bond motifs is 1. The van der Waals surface area contributed by atoms with Crippen molar-refractivity contribution in [3.8, 4) is 0 Å². The molecular weight excluding hydrogens is 218 g/mol. The van der Waals surface area contributed by atoms with Gasteiger partial charge in [0.15, 0.2) is 0 Å². The Morgan fingerprint density at radius 1 is 1.35 bits per heavy atom. The number of hydrogen-bond acceptors (Lipinski definition) is 2. The third kappa shape index (κ3) is 2.99. The minimum Gasteiger partial charge on any atom is -0.481 e. The zero-order valence-electron chi connectivity index (χ0n) is 10.3. The van der Waals surface area contributed by atoms with Crippen molar-refractivity contribution >= 4 is 11.9 Å². The first-order chi connectivity index (χ1) is 8.09. The van der Waals surface area contributed by atoms with Crippen LogP contribution in [0.3, 0.4) is 0 Å². The summed E-state index contributed by atoms with van der Waals surface area (Å²) in [5.41, 5.74) is 0. The summed E-state index contributed by atoms with van der Waals surface area (Å²) in [6, 6.07) is 0. The van der Waals surface area contributed by atoms with Crippen LogP contribution in [0.4, 0.5) is 0 Å². The van der Waals surface area contributed by atoms with Gasteiger partial charge < -0.3 is 10.4 Å². The van der Waals surface area contributed by atoms with E-state index >= 15 is 0 Å². The van der Waals surface area contributed by atoms with Crippen LogP contribution in [0.25, 0.3) is 0 Å². The van der Waals surface area contributed by atoms with E-state index in [1.807, 2.05) is 6.92 Å². The third-order valence-electron chi connectivity index (χ3n) is 4.19. The van der Waals surface area contributed by atoms with Gasteiger partial charge in [0.1, 0.15) is 0 Å². The lowest BCUT2D eigenvalue weighted by molar-refractivity contribution is -0.137. The highest BCUT2D eigenvalue weighted by molar-refractivity contribution is 5.82. The van der Waals surface area contributed by atoms with Crippen LogP contribution in [0, 0.1) is 23.7 Å². The molecule has 0 aliphatic heterocycles. The fourth-order valence-electron chi connectivity index (χ4n) is 3.08. The molecule has 1 amide bonds. The van der Waals surface area contributed by atoms with Crippen LogP contribution in [0.15, 0.2) is 0 Å². The monoisotopic (exact) mass is 239 g/mol. The molecule has 2 rings (SSSR count). The maximum atomic E-state index is 11.8. The molecule has 0 heterocycles. The maximum Gasteiger partial charge on any atom is 0.303 e. The van der Waals surface area contributed by atoms with Gasteiger partial charge in [0.2, 0.25) is 5.91 Å². The van der Waals surface area contributed by atoms with Gasteiger partial charge >= 0.3 is 5.97 Å².